The summed E-state index contributed by atoms with van der Waals surface area (Å²) in [4.78, 5) is 8.97. The Morgan fingerprint density at radius 3 is 2.82 bits per heavy atom. The fourth-order valence-corrected chi connectivity index (χ4v) is 4.98. The number of aromatic nitrogens is 4. The topological polar surface area (TPSA) is 114 Å². The Morgan fingerprint density at radius 2 is 2.11 bits per heavy atom. The Morgan fingerprint density at radius 1 is 1.25 bits per heavy atom. The van der Waals surface area contributed by atoms with Crippen LogP contribution in [0.25, 0.3) is 10.6 Å². The maximum atomic E-state index is 10.9. The molecule has 0 bridgehead atoms. The van der Waals surface area contributed by atoms with Crippen LogP contribution in [0.4, 0.5) is 0 Å². The predicted octanol–water partition coefficient (Wildman–Crippen LogP) is 1.83. The Hall–Kier alpha value is -1.53. The molecule has 0 aliphatic carbocycles. The minimum Gasteiger partial charge on any atom is -0.394 e. The molecule has 28 heavy (non-hydrogen) atoms. The standard InChI is InChI=1S/C17H17ClN4O4S2/c18-10-3-11(6-19-5-10)28-17-15(25)13(14(24)12(8-23)26-17)22-7-9(4-21-22)16-20-1-2-27-16/h1-7,12-15,17,23-25H,8H2/t12-,13+,14+,15-,17-/m1/s1. The molecule has 0 radical (unpaired) electrons. The molecule has 8 nitrogen and oxygen atoms in total. The van der Waals surface area contributed by atoms with Gasteiger partial charge in [-0.05, 0) is 6.07 Å². The summed E-state index contributed by atoms with van der Waals surface area (Å²) in [5.74, 6) is 0. The number of pyridine rings is 1. The predicted molar refractivity (Wildman–Crippen MR) is 105 cm³/mol. The van der Waals surface area contributed by atoms with E-state index in [-0.39, 0.29) is 0 Å². The lowest BCUT2D eigenvalue weighted by Gasteiger charge is -2.42. The fraction of sp³-hybridized carbons (Fsp3) is 0.353. The van der Waals surface area contributed by atoms with E-state index in [0.29, 0.717) is 9.92 Å². The Balaban J connectivity index is 1.61. The van der Waals surface area contributed by atoms with Crippen LogP contribution in [0.3, 0.4) is 0 Å². The number of aliphatic hydroxyl groups excluding tert-OH is 3. The number of hydrogen-bond donors (Lipinski definition) is 3. The van der Waals surface area contributed by atoms with E-state index >= 15 is 0 Å². The minimum absolute atomic E-state index is 0.393. The van der Waals surface area contributed by atoms with Gasteiger partial charge in [-0.25, -0.2) is 4.98 Å². The van der Waals surface area contributed by atoms with Gasteiger partial charge in [-0.15, -0.1) is 11.3 Å². The first kappa shape index (κ1) is 19.8. The van der Waals surface area contributed by atoms with Gasteiger partial charge in [-0.3, -0.25) is 9.67 Å². The maximum Gasteiger partial charge on any atom is 0.136 e. The number of thiazole rings is 1. The smallest absolute Gasteiger partial charge is 0.136 e. The molecule has 3 aromatic rings. The van der Waals surface area contributed by atoms with E-state index in [1.807, 2.05) is 5.38 Å². The van der Waals surface area contributed by atoms with E-state index in [4.69, 9.17) is 16.3 Å². The van der Waals surface area contributed by atoms with Crippen LogP contribution in [0.5, 0.6) is 0 Å². The molecule has 0 spiro atoms. The van der Waals surface area contributed by atoms with Gasteiger partial charge < -0.3 is 20.1 Å². The summed E-state index contributed by atoms with van der Waals surface area (Å²) in [5.41, 5.74) is 0.0306. The molecule has 1 aliphatic heterocycles. The molecule has 1 aliphatic rings. The van der Waals surface area contributed by atoms with Crippen molar-refractivity contribution in [1.82, 2.24) is 19.7 Å². The van der Waals surface area contributed by atoms with Gasteiger partial charge >= 0.3 is 0 Å². The van der Waals surface area contributed by atoms with Crippen molar-refractivity contribution in [2.75, 3.05) is 6.61 Å². The largest absolute Gasteiger partial charge is 0.394 e. The van der Waals surface area contributed by atoms with Crippen LogP contribution >= 0.6 is 34.7 Å². The van der Waals surface area contributed by atoms with Crippen molar-refractivity contribution in [3.8, 4) is 10.6 Å². The monoisotopic (exact) mass is 440 g/mol. The van der Waals surface area contributed by atoms with Gasteiger partial charge in [0.05, 0.1) is 17.8 Å². The van der Waals surface area contributed by atoms with Crippen molar-refractivity contribution in [2.45, 2.75) is 34.7 Å². The van der Waals surface area contributed by atoms with Crippen LogP contribution in [0.2, 0.25) is 5.02 Å². The Labute approximate surface area is 173 Å². The summed E-state index contributed by atoms with van der Waals surface area (Å²) in [6.45, 7) is -0.393. The van der Waals surface area contributed by atoms with Crippen LogP contribution in [-0.2, 0) is 4.74 Å². The lowest BCUT2D eigenvalue weighted by Crippen LogP contribution is -2.54. The van der Waals surface area contributed by atoms with Crippen LogP contribution in [0, 0.1) is 0 Å². The van der Waals surface area contributed by atoms with Crippen molar-refractivity contribution >= 4 is 34.7 Å². The van der Waals surface area contributed by atoms with Crippen molar-refractivity contribution in [3.63, 3.8) is 0 Å². The van der Waals surface area contributed by atoms with Crippen LogP contribution < -0.4 is 0 Å². The van der Waals surface area contributed by atoms with Crippen molar-refractivity contribution in [1.29, 1.82) is 0 Å². The minimum atomic E-state index is -1.14. The second-order valence-electron chi connectivity index (χ2n) is 6.20. The molecule has 4 heterocycles. The normalized spacial score (nSPS) is 27.8. The highest BCUT2D eigenvalue weighted by Gasteiger charge is 2.46. The van der Waals surface area contributed by atoms with E-state index in [1.165, 1.54) is 34.0 Å². The number of nitrogens with zero attached hydrogens (tertiary/aromatic N) is 4. The molecular weight excluding hydrogens is 424 g/mol. The summed E-state index contributed by atoms with van der Waals surface area (Å²) >= 11 is 8.66. The van der Waals surface area contributed by atoms with Gasteiger partial charge in [0.2, 0.25) is 0 Å². The van der Waals surface area contributed by atoms with Crippen molar-refractivity contribution in [2.24, 2.45) is 0 Å². The van der Waals surface area contributed by atoms with Crippen LogP contribution in [-0.4, -0.2) is 65.4 Å². The van der Waals surface area contributed by atoms with Crippen molar-refractivity contribution < 1.29 is 20.1 Å². The Kier molecular flexibility index (Phi) is 5.97. The van der Waals surface area contributed by atoms with Gasteiger partial charge in [0, 0.05) is 40.6 Å². The molecule has 0 aromatic carbocycles. The molecule has 148 valence electrons. The first-order chi connectivity index (χ1) is 13.6. The molecule has 0 amide bonds. The first-order valence-electron chi connectivity index (χ1n) is 8.40. The summed E-state index contributed by atoms with van der Waals surface area (Å²) in [6.07, 6.45) is 5.06. The second-order valence-corrected chi connectivity index (χ2v) is 8.70. The summed E-state index contributed by atoms with van der Waals surface area (Å²) in [7, 11) is 0. The van der Waals surface area contributed by atoms with Gasteiger partial charge in [-0.1, -0.05) is 23.4 Å². The first-order valence-corrected chi connectivity index (χ1v) is 10.5. The van der Waals surface area contributed by atoms with Crippen LogP contribution in [0.1, 0.15) is 6.04 Å². The van der Waals surface area contributed by atoms with Crippen LogP contribution in [0.15, 0.2) is 47.3 Å². The van der Waals surface area contributed by atoms with Gasteiger partial charge in [0.25, 0.3) is 0 Å². The fourth-order valence-electron chi connectivity index (χ4n) is 3.05. The van der Waals surface area contributed by atoms with E-state index in [2.05, 4.69) is 15.1 Å². The second kappa shape index (κ2) is 8.46. The number of aliphatic hydroxyl groups is 3. The SMILES string of the molecule is OC[C@H]1O[C@H](Sc2cncc(Cl)c2)[C@H](O)[C@@H](n2cc(-c3nccs3)cn2)[C@H]1O. The zero-order valence-electron chi connectivity index (χ0n) is 14.4. The van der Waals surface area contributed by atoms with Gasteiger partial charge in [0.15, 0.2) is 0 Å². The van der Waals surface area contributed by atoms with Gasteiger partial charge in [-0.2, -0.15) is 5.10 Å². The third-order valence-electron chi connectivity index (χ3n) is 4.37. The molecule has 0 unspecified atom stereocenters. The zero-order valence-corrected chi connectivity index (χ0v) is 16.8. The number of ether oxygens (including phenoxy) is 1. The van der Waals surface area contributed by atoms with Gasteiger partial charge in [0.1, 0.15) is 34.8 Å². The average Bonchev–Trinajstić information content (AvgIpc) is 3.36. The third-order valence-corrected chi connectivity index (χ3v) is 6.51. The lowest BCUT2D eigenvalue weighted by molar-refractivity contribution is -0.178. The number of thioether (sulfide) groups is 1. The summed E-state index contributed by atoms with van der Waals surface area (Å²) < 4.78 is 7.23. The molecule has 1 fully saturated rings. The highest BCUT2D eigenvalue weighted by atomic mass is 35.5. The summed E-state index contributed by atoms with van der Waals surface area (Å²) in [6, 6.07) is 0.905. The zero-order chi connectivity index (χ0) is 19.7. The molecule has 0 saturated carbocycles. The lowest BCUT2D eigenvalue weighted by atomic mass is 9.97. The molecule has 4 rings (SSSR count). The molecule has 5 atom stereocenters. The molecule has 3 N–H and O–H groups in total. The molecule has 11 heteroatoms. The maximum absolute atomic E-state index is 10.9. The van der Waals surface area contributed by atoms with E-state index in [9.17, 15) is 15.3 Å². The average molecular weight is 441 g/mol. The quantitative estimate of drug-likeness (QED) is 0.550. The third kappa shape index (κ3) is 3.94. The van der Waals surface area contributed by atoms with E-state index in [1.54, 1.807) is 30.9 Å². The highest BCUT2D eigenvalue weighted by Crippen LogP contribution is 2.38. The molecule has 1 saturated heterocycles. The molecule has 3 aromatic heterocycles. The van der Waals surface area contributed by atoms with E-state index < -0.39 is 36.4 Å². The van der Waals surface area contributed by atoms with Crippen molar-refractivity contribution in [3.05, 3.63) is 47.5 Å². The highest BCUT2D eigenvalue weighted by molar-refractivity contribution is 7.99. The number of rotatable bonds is 5. The number of hydrogen-bond acceptors (Lipinski definition) is 9. The van der Waals surface area contributed by atoms with E-state index in [0.717, 1.165) is 10.6 Å². The Bertz CT molecular complexity index is 926. The summed E-state index contributed by atoms with van der Waals surface area (Å²) in [5, 5.41) is 38.6. The number of halogens is 1. The molecular formula is C17H17ClN4O4S2.